The zero-order chi connectivity index (χ0) is 67.2. The molecule has 0 saturated carbocycles. The molecule has 0 aromatic heterocycles. The van der Waals surface area contributed by atoms with Crippen LogP contribution in [0.25, 0.3) is 0 Å². The lowest BCUT2D eigenvalue weighted by atomic mass is 10.0. The van der Waals surface area contributed by atoms with Crippen molar-refractivity contribution in [1.82, 2.24) is 0 Å². The molecule has 10 heteroatoms. The summed E-state index contributed by atoms with van der Waals surface area (Å²) in [6, 6.07) is 0. The fourth-order valence-electron chi connectivity index (χ4n) is 10.1. The second kappa shape index (κ2) is 76.4. The fourth-order valence-corrected chi connectivity index (χ4v) is 10.9. The van der Waals surface area contributed by atoms with E-state index in [1.54, 1.807) is 0 Å². The van der Waals surface area contributed by atoms with Crippen LogP contribution < -0.4 is 5.73 Å². The first-order valence-corrected chi connectivity index (χ1v) is 39.1. The van der Waals surface area contributed by atoms with Crippen molar-refractivity contribution in [2.75, 3.05) is 26.4 Å². The SMILES string of the molecule is CC/C=C\C/C=C\C/C=C\C/C=C\C/C=C\C/C=C\C/C=C\C/C=C\CCCCCCCCCCCCCCCCC(=O)OC(COC(=O)CCCCCCCCCCCCCCCC/C=C\C/C=C\C/C=C\C/C=C\C/C=C\C/C=C\CC)COP(=O)(O)OCCN. The normalized spacial score (nSPS) is 13.9. The molecule has 0 radical (unpaired) electrons. The highest BCUT2D eigenvalue weighted by atomic mass is 31.2. The maximum atomic E-state index is 12.8. The van der Waals surface area contributed by atoms with E-state index in [1.807, 2.05) is 0 Å². The minimum Gasteiger partial charge on any atom is -0.462 e. The van der Waals surface area contributed by atoms with E-state index < -0.39 is 26.5 Å². The summed E-state index contributed by atoms with van der Waals surface area (Å²) in [5.74, 6) is -0.829. The molecule has 93 heavy (non-hydrogen) atoms. The maximum Gasteiger partial charge on any atom is 0.472 e. The van der Waals surface area contributed by atoms with Crippen molar-refractivity contribution >= 4 is 19.8 Å². The van der Waals surface area contributed by atoms with Crippen LogP contribution >= 0.6 is 7.82 Å². The van der Waals surface area contributed by atoms with Gasteiger partial charge in [0.2, 0.25) is 0 Å². The molecule has 0 bridgehead atoms. The molecule has 2 atom stereocenters. The van der Waals surface area contributed by atoms with Crippen LogP contribution in [0.4, 0.5) is 0 Å². The molecular formula is C83H138NO8P. The predicted molar refractivity (Wildman–Crippen MR) is 403 cm³/mol. The summed E-state index contributed by atoms with van der Waals surface area (Å²) >= 11 is 0. The lowest BCUT2D eigenvalue weighted by Gasteiger charge is -2.19. The number of carbonyl (C=O) groups excluding carboxylic acids is 2. The van der Waals surface area contributed by atoms with Crippen LogP contribution in [-0.2, 0) is 32.7 Å². The number of nitrogens with two attached hydrogens (primary N) is 1. The number of phosphoric acid groups is 1. The molecule has 0 fully saturated rings. The van der Waals surface area contributed by atoms with Gasteiger partial charge in [0, 0.05) is 19.4 Å². The smallest absolute Gasteiger partial charge is 0.462 e. The summed E-state index contributed by atoms with van der Waals surface area (Å²) in [6.45, 7) is 3.53. The van der Waals surface area contributed by atoms with Gasteiger partial charge in [-0.05, 0) is 128 Å². The summed E-state index contributed by atoms with van der Waals surface area (Å²) in [4.78, 5) is 35.4. The van der Waals surface area contributed by atoms with Crippen LogP contribution in [0.2, 0.25) is 0 Å². The number of hydrogen-bond acceptors (Lipinski definition) is 8. The number of esters is 2. The maximum absolute atomic E-state index is 12.8. The largest absolute Gasteiger partial charge is 0.472 e. The molecule has 0 aromatic rings. The number of allylic oxidation sites excluding steroid dienone is 28. The standard InChI is InChI=1S/C83H138NO8P/c1-3-5-7-9-11-13-15-17-19-21-23-25-27-29-31-33-35-37-38-39-40-41-42-44-46-48-50-52-54-56-58-60-62-64-66-68-70-72-74-76-83(86)92-81(80-91-93(87,88)90-78-77-84)79-89-82(85)75-73-71-69-67-65-63-61-59-57-55-53-51-49-47-45-43-36-34-32-30-28-26-24-22-20-18-16-14-12-10-8-6-4-2/h5-8,11-14,17-20,23-26,29-32,35-37,39-40,42-44,81H,3-4,9-10,15-16,21-22,27-28,33-34,38,41,45-80,84H2,1-2H3,(H,87,88)/b7-5-,8-6-,13-11-,14-12-,19-17-,20-18-,25-23-,26-24-,31-29-,32-30-,37-35-,40-39-,43-36-,44-42-. The number of carbonyl (C=O) groups is 2. The van der Waals surface area contributed by atoms with E-state index in [2.05, 4.69) is 184 Å². The Morgan fingerprint density at radius 2 is 0.559 bits per heavy atom. The topological polar surface area (TPSA) is 134 Å². The highest BCUT2D eigenvalue weighted by molar-refractivity contribution is 7.47. The molecule has 0 rings (SSSR count). The third kappa shape index (κ3) is 76.3. The molecule has 0 aliphatic rings. The lowest BCUT2D eigenvalue weighted by Crippen LogP contribution is -2.29. The second-order valence-corrected chi connectivity index (χ2v) is 25.9. The molecule has 0 aromatic carbocycles. The van der Waals surface area contributed by atoms with Crippen LogP contribution in [0.1, 0.15) is 309 Å². The quantitative estimate of drug-likeness (QED) is 0.0264. The molecule has 9 nitrogen and oxygen atoms in total. The summed E-state index contributed by atoms with van der Waals surface area (Å²) in [7, 11) is -4.41. The molecule has 0 aliphatic carbocycles. The molecule has 528 valence electrons. The molecule has 0 aliphatic heterocycles. The summed E-state index contributed by atoms with van der Waals surface area (Å²) < 4.78 is 33.2. The Balaban J connectivity index is 3.89. The molecule has 0 amide bonds. The highest BCUT2D eigenvalue weighted by Crippen LogP contribution is 2.43. The number of unbranched alkanes of at least 4 members (excludes halogenated alkanes) is 28. The summed E-state index contributed by atoms with van der Waals surface area (Å²) in [5.41, 5.74) is 5.41. The summed E-state index contributed by atoms with van der Waals surface area (Å²) in [6.07, 6.45) is 113. The van der Waals surface area contributed by atoms with Gasteiger partial charge in [0.15, 0.2) is 6.10 Å². The highest BCUT2D eigenvalue weighted by Gasteiger charge is 2.26. The van der Waals surface area contributed by atoms with Crippen molar-refractivity contribution < 1.29 is 37.6 Å². The first kappa shape index (κ1) is 88.4. The minimum atomic E-state index is -4.41. The van der Waals surface area contributed by atoms with Gasteiger partial charge >= 0.3 is 19.8 Å². The monoisotopic (exact) mass is 1310 g/mol. The number of hydrogen-bond donors (Lipinski definition) is 2. The average Bonchev–Trinajstić information content (AvgIpc) is 3.60. The Morgan fingerprint density at radius 3 is 0.828 bits per heavy atom. The van der Waals surface area contributed by atoms with Gasteiger partial charge in [-0.15, -0.1) is 0 Å². The Hall–Kier alpha value is -4.63. The van der Waals surface area contributed by atoms with Crippen molar-refractivity contribution in [3.05, 3.63) is 170 Å². The number of phosphoric ester groups is 1. The Bertz CT molecular complexity index is 2140. The lowest BCUT2D eigenvalue weighted by molar-refractivity contribution is -0.161. The van der Waals surface area contributed by atoms with E-state index >= 15 is 0 Å². The van der Waals surface area contributed by atoms with E-state index in [0.29, 0.717) is 6.42 Å². The molecular weight excluding hydrogens is 1170 g/mol. The van der Waals surface area contributed by atoms with Crippen LogP contribution in [0.5, 0.6) is 0 Å². The average molecular weight is 1310 g/mol. The third-order valence-corrected chi connectivity index (χ3v) is 16.6. The predicted octanol–water partition coefficient (Wildman–Crippen LogP) is 25.3. The van der Waals surface area contributed by atoms with E-state index in [0.717, 1.165) is 128 Å². The van der Waals surface area contributed by atoms with Crippen LogP contribution in [-0.4, -0.2) is 49.3 Å². The van der Waals surface area contributed by atoms with Gasteiger partial charge in [0.25, 0.3) is 0 Å². The molecule has 0 heterocycles. The molecule has 3 N–H and O–H groups in total. The van der Waals surface area contributed by atoms with Crippen molar-refractivity contribution in [3.8, 4) is 0 Å². The summed E-state index contributed by atoms with van der Waals surface area (Å²) in [5, 5.41) is 0. The molecule has 0 saturated heterocycles. The van der Waals surface area contributed by atoms with E-state index in [1.165, 1.54) is 148 Å². The van der Waals surface area contributed by atoms with E-state index in [-0.39, 0.29) is 38.6 Å². The molecule has 0 spiro atoms. The van der Waals surface area contributed by atoms with Gasteiger partial charge in [0.05, 0.1) is 13.2 Å². The van der Waals surface area contributed by atoms with E-state index in [4.69, 9.17) is 24.3 Å². The van der Waals surface area contributed by atoms with Crippen LogP contribution in [0.3, 0.4) is 0 Å². The van der Waals surface area contributed by atoms with Crippen LogP contribution in [0.15, 0.2) is 170 Å². The number of rotatable bonds is 69. The van der Waals surface area contributed by atoms with Gasteiger partial charge in [0.1, 0.15) is 6.61 Å². The number of ether oxygens (including phenoxy) is 2. The third-order valence-electron chi connectivity index (χ3n) is 15.6. The fraction of sp³-hybridized carbons (Fsp3) is 0.639. The van der Waals surface area contributed by atoms with Crippen molar-refractivity contribution in [3.63, 3.8) is 0 Å². The second-order valence-electron chi connectivity index (χ2n) is 24.4. The Morgan fingerprint density at radius 1 is 0.323 bits per heavy atom. The van der Waals surface area contributed by atoms with Gasteiger partial charge < -0.3 is 20.1 Å². The van der Waals surface area contributed by atoms with Gasteiger partial charge in [-0.25, -0.2) is 4.57 Å². The van der Waals surface area contributed by atoms with Crippen LogP contribution in [0, 0.1) is 0 Å². The Kier molecular flexibility index (Phi) is 72.6. The molecule has 2 unspecified atom stereocenters. The first-order chi connectivity index (χ1) is 45.8. The van der Waals surface area contributed by atoms with Gasteiger partial charge in [-0.2, -0.15) is 0 Å². The zero-order valence-electron chi connectivity index (χ0n) is 59.4. The minimum absolute atomic E-state index is 0.0473. The van der Waals surface area contributed by atoms with Crippen molar-refractivity contribution in [1.29, 1.82) is 0 Å². The van der Waals surface area contributed by atoms with Gasteiger partial charge in [-0.1, -0.05) is 338 Å². The first-order valence-electron chi connectivity index (χ1n) is 37.6. The van der Waals surface area contributed by atoms with Gasteiger partial charge in [-0.3, -0.25) is 18.6 Å². The Labute approximate surface area is 571 Å². The van der Waals surface area contributed by atoms with Crippen molar-refractivity contribution in [2.45, 2.75) is 315 Å². The van der Waals surface area contributed by atoms with Crippen molar-refractivity contribution in [2.24, 2.45) is 5.73 Å². The van der Waals surface area contributed by atoms with E-state index in [9.17, 15) is 19.0 Å². The zero-order valence-corrected chi connectivity index (χ0v) is 60.3.